The third kappa shape index (κ3) is 4.78. The molecule has 0 spiro atoms. The van der Waals surface area contributed by atoms with E-state index in [4.69, 9.17) is 0 Å². The molecular formula is C5H9NaO4. The summed E-state index contributed by atoms with van der Waals surface area (Å²) < 4.78 is 8.33. The van der Waals surface area contributed by atoms with Crippen LogP contribution in [0.3, 0.4) is 0 Å². The minimum absolute atomic E-state index is 0. The topological polar surface area (TPSA) is 52.6 Å². The minimum Gasteiger partial charge on any atom is -1.00 e. The fraction of sp³-hybridized carbons (Fsp3) is 0.600. The van der Waals surface area contributed by atoms with E-state index in [1.54, 1.807) is 6.92 Å². The second-order valence-electron chi connectivity index (χ2n) is 1.21. The molecule has 0 saturated heterocycles. The number of carbonyl (C=O) groups is 2. The van der Waals surface area contributed by atoms with Gasteiger partial charge in [-0.05, 0) is 6.92 Å². The molecule has 0 atom stereocenters. The Hall–Kier alpha value is -0.0600. The van der Waals surface area contributed by atoms with Crippen LogP contribution in [0.15, 0.2) is 0 Å². The maximum atomic E-state index is 10.3. The summed E-state index contributed by atoms with van der Waals surface area (Å²) in [5.41, 5.74) is 0. The first-order valence-corrected chi connectivity index (χ1v) is 2.47. The summed E-state index contributed by atoms with van der Waals surface area (Å²) in [6, 6.07) is 0. The number of hydrogen-bond acceptors (Lipinski definition) is 4. The molecule has 0 saturated carbocycles. The van der Waals surface area contributed by atoms with Crippen molar-refractivity contribution in [3.05, 3.63) is 0 Å². The van der Waals surface area contributed by atoms with Crippen molar-refractivity contribution in [1.29, 1.82) is 0 Å². The largest absolute Gasteiger partial charge is 1.00 e. The molecule has 0 fully saturated rings. The van der Waals surface area contributed by atoms with Crippen LogP contribution in [0.2, 0.25) is 0 Å². The minimum atomic E-state index is -0.961. The molecule has 0 N–H and O–H groups in total. The molecule has 5 heteroatoms. The molecule has 0 aromatic rings. The Morgan fingerprint density at radius 3 is 2.20 bits per heavy atom. The van der Waals surface area contributed by atoms with Crippen molar-refractivity contribution in [2.24, 2.45) is 0 Å². The van der Waals surface area contributed by atoms with Crippen LogP contribution in [0.4, 0.5) is 0 Å². The Labute approximate surface area is 82.6 Å². The van der Waals surface area contributed by atoms with Crippen LogP contribution in [0, 0.1) is 0 Å². The molecule has 10 heavy (non-hydrogen) atoms. The molecule has 0 heterocycles. The molecule has 0 rings (SSSR count). The van der Waals surface area contributed by atoms with Gasteiger partial charge in [0.25, 0.3) is 0 Å². The fourth-order valence-corrected chi connectivity index (χ4v) is 0.273. The predicted molar refractivity (Wildman–Crippen MR) is 29.8 cm³/mol. The zero-order valence-corrected chi connectivity index (χ0v) is 8.34. The number of carbonyl (C=O) groups excluding carboxylic acids is 2. The smallest absolute Gasteiger partial charge is 1.00 e. The van der Waals surface area contributed by atoms with Crippen molar-refractivity contribution in [3.63, 3.8) is 0 Å². The molecule has 0 unspecified atom stereocenters. The molecule has 0 aromatic heterocycles. The van der Waals surface area contributed by atoms with E-state index < -0.39 is 11.9 Å². The molecule has 0 amide bonds. The number of hydrogen-bond donors (Lipinski definition) is 0. The standard InChI is InChI=1S/C5H8O4.Na.H/c1-3-9-5(7)4(6)8-2;;/h3H2,1-2H3;;/q;+1;-1. The average Bonchev–Trinajstić information content (AvgIpc) is 1.87. The van der Waals surface area contributed by atoms with Crippen LogP contribution in [-0.4, -0.2) is 25.7 Å². The van der Waals surface area contributed by atoms with Gasteiger partial charge in [0.2, 0.25) is 0 Å². The Morgan fingerprint density at radius 2 is 1.90 bits per heavy atom. The van der Waals surface area contributed by atoms with Gasteiger partial charge in [-0.1, -0.05) is 0 Å². The number of rotatable bonds is 1. The van der Waals surface area contributed by atoms with Gasteiger partial charge < -0.3 is 10.9 Å². The second kappa shape index (κ2) is 7.05. The maximum absolute atomic E-state index is 10.3. The number of esters is 2. The van der Waals surface area contributed by atoms with Crippen LogP contribution < -0.4 is 29.6 Å². The summed E-state index contributed by atoms with van der Waals surface area (Å²) in [7, 11) is 1.12. The Balaban J connectivity index is -0.000000320. The second-order valence-corrected chi connectivity index (χ2v) is 1.21. The quantitative estimate of drug-likeness (QED) is 0.228. The van der Waals surface area contributed by atoms with E-state index in [1.807, 2.05) is 0 Å². The van der Waals surface area contributed by atoms with Crippen LogP contribution in [0.5, 0.6) is 0 Å². The van der Waals surface area contributed by atoms with Gasteiger partial charge in [-0.15, -0.1) is 0 Å². The normalized spacial score (nSPS) is 7.40. The van der Waals surface area contributed by atoms with Crippen LogP contribution in [0.1, 0.15) is 8.35 Å². The predicted octanol–water partition coefficient (Wildman–Crippen LogP) is -3.16. The summed E-state index contributed by atoms with van der Waals surface area (Å²) in [4.78, 5) is 20.5. The summed E-state index contributed by atoms with van der Waals surface area (Å²) >= 11 is 0. The molecule has 4 nitrogen and oxygen atoms in total. The third-order valence-corrected chi connectivity index (χ3v) is 0.627. The van der Waals surface area contributed by atoms with Gasteiger partial charge >= 0.3 is 41.5 Å². The number of ether oxygens (including phenoxy) is 2. The fourth-order valence-electron chi connectivity index (χ4n) is 0.273. The Bertz CT molecular complexity index is 128. The Kier molecular flexibility index (Phi) is 8.89. The first kappa shape index (κ1) is 12.6. The monoisotopic (exact) mass is 156 g/mol. The van der Waals surface area contributed by atoms with E-state index in [9.17, 15) is 9.59 Å². The third-order valence-electron chi connectivity index (χ3n) is 0.627. The first-order chi connectivity index (χ1) is 4.22. The van der Waals surface area contributed by atoms with Crippen LogP contribution >= 0.6 is 0 Å². The van der Waals surface area contributed by atoms with Crippen molar-refractivity contribution in [2.45, 2.75) is 6.92 Å². The van der Waals surface area contributed by atoms with E-state index in [2.05, 4.69) is 9.47 Å². The van der Waals surface area contributed by atoms with Gasteiger partial charge in [-0.3, -0.25) is 0 Å². The first-order valence-electron chi connectivity index (χ1n) is 2.47. The van der Waals surface area contributed by atoms with Crippen LogP contribution in [-0.2, 0) is 19.1 Å². The molecule has 54 valence electrons. The summed E-state index contributed by atoms with van der Waals surface area (Å²) in [6.07, 6.45) is 0. The summed E-state index contributed by atoms with van der Waals surface area (Å²) in [5.74, 6) is -1.91. The maximum Gasteiger partial charge on any atom is 1.00 e. The SMILES string of the molecule is CCOC(=O)C(=O)OC.[H-].[Na+]. The van der Waals surface area contributed by atoms with Crippen molar-refractivity contribution in [3.8, 4) is 0 Å². The summed E-state index contributed by atoms with van der Waals surface area (Å²) in [6.45, 7) is 1.80. The molecule has 0 aliphatic heterocycles. The van der Waals surface area contributed by atoms with Crippen molar-refractivity contribution in [2.75, 3.05) is 13.7 Å². The van der Waals surface area contributed by atoms with Gasteiger partial charge in [0, 0.05) is 0 Å². The molecule has 0 aliphatic carbocycles. The molecule has 0 bridgehead atoms. The van der Waals surface area contributed by atoms with E-state index in [-0.39, 0.29) is 37.6 Å². The van der Waals surface area contributed by atoms with Gasteiger partial charge in [0.05, 0.1) is 13.7 Å². The molecule has 0 aliphatic rings. The van der Waals surface area contributed by atoms with E-state index >= 15 is 0 Å². The van der Waals surface area contributed by atoms with E-state index in [0.29, 0.717) is 0 Å². The molecule has 0 radical (unpaired) electrons. The number of methoxy groups -OCH3 is 1. The van der Waals surface area contributed by atoms with Crippen molar-refractivity contribution < 1.29 is 50.0 Å². The molecular weight excluding hydrogens is 147 g/mol. The van der Waals surface area contributed by atoms with Gasteiger partial charge in [0.1, 0.15) is 0 Å². The zero-order chi connectivity index (χ0) is 7.28. The summed E-state index contributed by atoms with van der Waals surface area (Å²) in [5, 5.41) is 0. The average molecular weight is 156 g/mol. The van der Waals surface area contributed by atoms with Gasteiger partial charge in [-0.2, -0.15) is 0 Å². The van der Waals surface area contributed by atoms with Crippen molar-refractivity contribution in [1.82, 2.24) is 0 Å². The van der Waals surface area contributed by atoms with E-state index in [1.165, 1.54) is 0 Å². The zero-order valence-electron chi connectivity index (χ0n) is 7.34. The Morgan fingerprint density at radius 1 is 1.40 bits per heavy atom. The van der Waals surface area contributed by atoms with Crippen LogP contribution in [0.25, 0.3) is 0 Å². The van der Waals surface area contributed by atoms with Crippen molar-refractivity contribution >= 4 is 11.9 Å². The van der Waals surface area contributed by atoms with Gasteiger partial charge in [-0.25, -0.2) is 9.59 Å². The van der Waals surface area contributed by atoms with E-state index in [0.717, 1.165) is 7.11 Å². The molecule has 0 aromatic carbocycles. The van der Waals surface area contributed by atoms with Gasteiger partial charge in [0.15, 0.2) is 0 Å².